The lowest BCUT2D eigenvalue weighted by atomic mass is 9.71. The van der Waals surface area contributed by atoms with Gasteiger partial charge in [0.2, 0.25) is 5.91 Å². The molecule has 4 nitrogen and oxygen atoms in total. The smallest absolute Gasteiger partial charge is 0.342 e. The van der Waals surface area contributed by atoms with Crippen molar-refractivity contribution >= 4 is 5.91 Å². The van der Waals surface area contributed by atoms with Crippen LogP contribution in [-0.2, 0) is 29.0 Å². The van der Waals surface area contributed by atoms with Crippen LogP contribution in [0.3, 0.4) is 0 Å². The zero-order valence-electron chi connectivity index (χ0n) is 25.1. The number of amides is 1. The molecule has 3 fully saturated rings. The Balaban J connectivity index is 1.32. The molecule has 12 heteroatoms. The summed E-state index contributed by atoms with van der Waals surface area (Å²) in [6.07, 6.45) is -2.83. The number of halogens is 8. The van der Waals surface area contributed by atoms with E-state index in [1.54, 1.807) is 0 Å². The standard InChI is InChI=1S/C33H39F8N3O/c34-28-8-7-24(21-29(28)35)31(10-12-42-13-15-43(16-14-42)27-5-2-1-3-6-27)9-4-11-44(22-31)30(45)19-23-17-25(32(36,37)38)20-26(18-23)33(39,40)41/h7-8,17-18,20-21,27H,1-6,9-16,19,22H2. The zero-order valence-corrected chi connectivity index (χ0v) is 25.1. The summed E-state index contributed by atoms with van der Waals surface area (Å²) in [7, 11) is 0. The van der Waals surface area contributed by atoms with Crippen molar-refractivity contribution < 1.29 is 39.9 Å². The number of carbonyl (C=O) groups excluding carboxylic acids is 1. The van der Waals surface area contributed by atoms with Gasteiger partial charge >= 0.3 is 12.4 Å². The number of likely N-dealkylation sites (tertiary alicyclic amines) is 1. The molecule has 0 N–H and O–H groups in total. The molecule has 0 bridgehead atoms. The summed E-state index contributed by atoms with van der Waals surface area (Å²) in [4.78, 5) is 19.8. The van der Waals surface area contributed by atoms with E-state index in [-0.39, 0.29) is 24.7 Å². The highest BCUT2D eigenvalue weighted by molar-refractivity contribution is 5.79. The monoisotopic (exact) mass is 645 g/mol. The quantitative estimate of drug-likeness (QED) is 0.293. The Morgan fingerprint density at radius 1 is 0.778 bits per heavy atom. The van der Waals surface area contributed by atoms with E-state index in [0.29, 0.717) is 49.5 Å². The number of hydrogen-bond acceptors (Lipinski definition) is 3. The van der Waals surface area contributed by atoms with E-state index in [2.05, 4.69) is 9.80 Å². The Morgan fingerprint density at radius 3 is 2.02 bits per heavy atom. The molecule has 2 heterocycles. The summed E-state index contributed by atoms with van der Waals surface area (Å²) in [6.45, 7) is 4.64. The Hall–Kier alpha value is -2.73. The van der Waals surface area contributed by atoms with E-state index in [0.717, 1.165) is 38.3 Å². The van der Waals surface area contributed by atoms with Gasteiger partial charge in [-0.1, -0.05) is 25.3 Å². The first-order valence-electron chi connectivity index (χ1n) is 15.7. The topological polar surface area (TPSA) is 26.8 Å². The SMILES string of the molecule is O=C(Cc1cc(C(F)(F)F)cc(C(F)(F)F)c1)N1CCCC(CCN2CCN(C3CCCCC3)CC2)(c2ccc(F)c(F)c2)C1. The molecule has 0 aromatic heterocycles. The fourth-order valence-electron chi connectivity index (χ4n) is 7.33. The molecule has 1 atom stereocenters. The normalized spacial score (nSPS) is 23.0. The Morgan fingerprint density at radius 2 is 1.42 bits per heavy atom. The Labute approximate surface area is 258 Å². The summed E-state index contributed by atoms with van der Waals surface area (Å²) in [5.74, 6) is -2.63. The predicted molar refractivity (Wildman–Crippen MR) is 154 cm³/mol. The Kier molecular flexibility index (Phi) is 10.1. The van der Waals surface area contributed by atoms with Gasteiger partial charge in [-0.2, -0.15) is 26.3 Å². The number of alkyl halides is 6. The third-order valence-corrected chi connectivity index (χ3v) is 9.87. The number of piperidine rings is 1. The van der Waals surface area contributed by atoms with Gasteiger partial charge in [0.05, 0.1) is 17.5 Å². The second kappa shape index (κ2) is 13.6. The van der Waals surface area contributed by atoms with Crippen LogP contribution in [0.15, 0.2) is 36.4 Å². The van der Waals surface area contributed by atoms with Crippen LogP contribution in [0.2, 0.25) is 0 Å². The van der Waals surface area contributed by atoms with Crippen molar-refractivity contribution in [2.45, 2.75) is 81.6 Å². The molecular weight excluding hydrogens is 606 g/mol. The molecule has 1 unspecified atom stereocenters. The number of carbonyl (C=O) groups is 1. The molecule has 3 aliphatic rings. The van der Waals surface area contributed by atoms with Crippen LogP contribution in [0, 0.1) is 11.6 Å². The summed E-state index contributed by atoms with van der Waals surface area (Å²) >= 11 is 0. The minimum atomic E-state index is -5.02. The van der Waals surface area contributed by atoms with Crippen LogP contribution in [0.1, 0.15) is 73.6 Å². The maximum absolute atomic E-state index is 14.5. The van der Waals surface area contributed by atoms with Crippen molar-refractivity contribution in [3.63, 3.8) is 0 Å². The highest BCUT2D eigenvalue weighted by atomic mass is 19.4. The third kappa shape index (κ3) is 8.17. The van der Waals surface area contributed by atoms with Crippen molar-refractivity contribution in [2.24, 2.45) is 0 Å². The molecule has 45 heavy (non-hydrogen) atoms. The largest absolute Gasteiger partial charge is 0.416 e. The van der Waals surface area contributed by atoms with Gasteiger partial charge in [-0.25, -0.2) is 8.78 Å². The summed E-state index contributed by atoms with van der Waals surface area (Å²) in [5.41, 5.74) is -3.56. The van der Waals surface area contributed by atoms with Crippen LogP contribution in [0.5, 0.6) is 0 Å². The molecule has 0 radical (unpaired) electrons. The minimum absolute atomic E-state index is 0.0396. The van der Waals surface area contributed by atoms with Gasteiger partial charge in [0.25, 0.3) is 0 Å². The first-order valence-corrected chi connectivity index (χ1v) is 15.7. The van der Waals surface area contributed by atoms with E-state index in [1.807, 2.05) is 0 Å². The average Bonchev–Trinajstić information content (AvgIpc) is 3.01. The maximum atomic E-state index is 14.5. The van der Waals surface area contributed by atoms with Crippen LogP contribution in [0.25, 0.3) is 0 Å². The third-order valence-electron chi connectivity index (χ3n) is 9.87. The van der Waals surface area contributed by atoms with Crippen LogP contribution < -0.4 is 0 Å². The van der Waals surface area contributed by atoms with Gasteiger partial charge < -0.3 is 9.80 Å². The van der Waals surface area contributed by atoms with Gasteiger partial charge in [-0.15, -0.1) is 0 Å². The lowest BCUT2D eigenvalue weighted by molar-refractivity contribution is -0.143. The molecule has 1 aliphatic carbocycles. The molecule has 1 amide bonds. The molecule has 2 aromatic rings. The number of rotatable bonds is 7. The van der Waals surface area contributed by atoms with Crippen molar-refractivity contribution in [3.05, 3.63) is 70.3 Å². The molecular formula is C33H39F8N3O. The van der Waals surface area contributed by atoms with E-state index < -0.39 is 52.9 Å². The summed E-state index contributed by atoms with van der Waals surface area (Å²) < 4.78 is 109. The van der Waals surface area contributed by atoms with Gasteiger partial charge in [0.15, 0.2) is 11.6 Å². The lowest BCUT2D eigenvalue weighted by Crippen LogP contribution is -2.53. The van der Waals surface area contributed by atoms with Crippen LogP contribution >= 0.6 is 0 Å². The van der Waals surface area contributed by atoms with Crippen molar-refractivity contribution in [1.82, 2.24) is 14.7 Å². The summed E-state index contributed by atoms with van der Waals surface area (Å²) in [6, 6.07) is 5.52. The predicted octanol–water partition coefficient (Wildman–Crippen LogP) is 7.45. The maximum Gasteiger partial charge on any atom is 0.416 e. The molecule has 2 aliphatic heterocycles. The highest BCUT2D eigenvalue weighted by Crippen LogP contribution is 2.40. The van der Waals surface area contributed by atoms with Crippen LogP contribution in [-0.4, -0.2) is 72.5 Å². The highest BCUT2D eigenvalue weighted by Gasteiger charge is 2.41. The summed E-state index contributed by atoms with van der Waals surface area (Å²) in [5, 5.41) is 0. The molecule has 2 aromatic carbocycles. The second-order valence-electron chi connectivity index (χ2n) is 12.8. The van der Waals surface area contributed by atoms with Gasteiger partial charge in [0.1, 0.15) is 0 Å². The minimum Gasteiger partial charge on any atom is -0.342 e. The van der Waals surface area contributed by atoms with Gasteiger partial charge in [-0.05, 0) is 80.1 Å². The van der Waals surface area contributed by atoms with Crippen molar-refractivity contribution in [3.8, 4) is 0 Å². The van der Waals surface area contributed by atoms with E-state index >= 15 is 0 Å². The lowest BCUT2D eigenvalue weighted by Gasteiger charge is -2.46. The fraction of sp³-hybridized carbons (Fsp3) is 0.606. The molecule has 5 rings (SSSR count). The molecule has 2 saturated heterocycles. The first kappa shape index (κ1) is 33.6. The number of piperazine rings is 1. The van der Waals surface area contributed by atoms with Crippen LogP contribution in [0.4, 0.5) is 35.1 Å². The van der Waals surface area contributed by atoms with E-state index in [1.165, 1.54) is 43.1 Å². The molecule has 248 valence electrons. The zero-order chi connectivity index (χ0) is 32.4. The second-order valence-corrected chi connectivity index (χ2v) is 12.8. The molecule has 0 spiro atoms. The Bertz CT molecular complexity index is 1300. The number of nitrogens with zero attached hydrogens (tertiary/aromatic N) is 3. The molecule has 1 saturated carbocycles. The fourth-order valence-corrected chi connectivity index (χ4v) is 7.33. The number of benzene rings is 2. The first-order chi connectivity index (χ1) is 21.2. The average molecular weight is 646 g/mol. The van der Waals surface area contributed by atoms with Gasteiger partial charge in [0, 0.05) is 50.7 Å². The van der Waals surface area contributed by atoms with E-state index in [9.17, 15) is 39.9 Å². The van der Waals surface area contributed by atoms with Crippen molar-refractivity contribution in [1.29, 1.82) is 0 Å². The van der Waals surface area contributed by atoms with Crippen molar-refractivity contribution in [2.75, 3.05) is 45.8 Å². The van der Waals surface area contributed by atoms with E-state index in [4.69, 9.17) is 0 Å². The number of hydrogen-bond donors (Lipinski definition) is 0. The van der Waals surface area contributed by atoms with Gasteiger partial charge in [-0.3, -0.25) is 9.69 Å².